The van der Waals surface area contributed by atoms with Crippen LogP contribution in [0.15, 0.2) is 29.1 Å². The molecule has 0 amide bonds. The molecule has 0 saturated heterocycles. The van der Waals surface area contributed by atoms with E-state index in [2.05, 4.69) is 29.0 Å². The third-order valence-electron chi connectivity index (χ3n) is 3.75. The summed E-state index contributed by atoms with van der Waals surface area (Å²) in [5.41, 5.74) is 7.28. The summed E-state index contributed by atoms with van der Waals surface area (Å²) in [5.74, 6) is 1.42. The molecule has 3 N–H and O–H groups in total. The zero-order valence-electron chi connectivity index (χ0n) is 13.9. The van der Waals surface area contributed by atoms with Gasteiger partial charge in [0, 0.05) is 11.8 Å². The van der Waals surface area contributed by atoms with Gasteiger partial charge in [0.05, 0.1) is 22.0 Å². The third-order valence-corrected chi connectivity index (χ3v) is 4.07. The van der Waals surface area contributed by atoms with Crippen LogP contribution in [0.5, 0.6) is 0 Å². The molecule has 7 heteroatoms. The summed E-state index contributed by atoms with van der Waals surface area (Å²) in [6.07, 6.45) is 0.844. The predicted molar refractivity (Wildman–Crippen MR) is 95.6 cm³/mol. The number of benzene rings is 1. The average Bonchev–Trinajstić information content (AvgIpc) is 2.93. The van der Waals surface area contributed by atoms with Gasteiger partial charge in [0.1, 0.15) is 5.82 Å². The quantitative estimate of drug-likeness (QED) is 0.760. The van der Waals surface area contributed by atoms with Gasteiger partial charge in [-0.1, -0.05) is 31.5 Å². The molecule has 2 heterocycles. The maximum atomic E-state index is 13.0. The van der Waals surface area contributed by atoms with E-state index in [1.807, 2.05) is 6.07 Å². The Morgan fingerprint density at radius 3 is 2.75 bits per heavy atom. The number of nitrogens with one attached hydrogen (secondary N) is 1. The predicted octanol–water partition coefficient (Wildman–Crippen LogP) is 2.98. The van der Waals surface area contributed by atoms with Gasteiger partial charge in [-0.25, -0.2) is 9.55 Å². The Labute approximate surface area is 144 Å². The van der Waals surface area contributed by atoms with Crippen molar-refractivity contribution in [1.82, 2.24) is 19.7 Å². The molecule has 2 aromatic heterocycles. The minimum absolute atomic E-state index is 0.263. The molecular formula is C17H20ClN5O. The standard InChI is InChI=1S/C17H20ClN5O/c1-9(2)7-11-8-14(22-21-11)23-16(10(3)19)20-13-6-4-5-12(18)15(13)17(23)24/h4-6,8-10H,7,19H2,1-3H3,(H,21,22)/t10-/m0/s1. The lowest BCUT2D eigenvalue weighted by Gasteiger charge is -2.14. The van der Waals surface area contributed by atoms with E-state index in [1.54, 1.807) is 25.1 Å². The van der Waals surface area contributed by atoms with Gasteiger partial charge in [-0.3, -0.25) is 9.89 Å². The van der Waals surface area contributed by atoms with Crippen molar-refractivity contribution in [3.05, 3.63) is 51.2 Å². The average molecular weight is 346 g/mol. The molecule has 0 saturated carbocycles. The van der Waals surface area contributed by atoms with Crippen LogP contribution in [0.3, 0.4) is 0 Å². The van der Waals surface area contributed by atoms with Crippen molar-refractivity contribution >= 4 is 22.5 Å². The lowest BCUT2D eigenvalue weighted by atomic mass is 10.1. The van der Waals surface area contributed by atoms with Crippen LogP contribution in [0.1, 0.15) is 38.3 Å². The summed E-state index contributed by atoms with van der Waals surface area (Å²) >= 11 is 6.21. The highest BCUT2D eigenvalue weighted by atomic mass is 35.5. The smallest absolute Gasteiger partial charge is 0.268 e. The van der Waals surface area contributed by atoms with Gasteiger partial charge in [0.25, 0.3) is 5.56 Å². The van der Waals surface area contributed by atoms with Crippen LogP contribution in [0.2, 0.25) is 5.02 Å². The second-order valence-corrected chi connectivity index (χ2v) is 6.79. The molecule has 1 atom stereocenters. The highest BCUT2D eigenvalue weighted by Crippen LogP contribution is 2.22. The Balaban J connectivity index is 2.27. The Morgan fingerprint density at radius 2 is 2.08 bits per heavy atom. The second kappa shape index (κ2) is 6.37. The van der Waals surface area contributed by atoms with Gasteiger partial charge in [0.15, 0.2) is 5.82 Å². The number of hydrogen-bond acceptors (Lipinski definition) is 4. The SMILES string of the molecule is CC(C)Cc1cc(-n2c([C@H](C)N)nc3cccc(Cl)c3c2=O)n[nH]1. The topological polar surface area (TPSA) is 89.6 Å². The molecule has 3 rings (SSSR count). The highest BCUT2D eigenvalue weighted by Gasteiger charge is 2.19. The first kappa shape index (κ1) is 16.7. The Hall–Kier alpha value is -2.18. The first-order chi connectivity index (χ1) is 11.4. The Bertz CT molecular complexity index is 942. The molecule has 0 bridgehead atoms. The number of halogens is 1. The number of rotatable bonds is 4. The number of H-pyrrole nitrogens is 1. The lowest BCUT2D eigenvalue weighted by molar-refractivity contribution is 0.633. The van der Waals surface area contributed by atoms with E-state index in [4.69, 9.17) is 17.3 Å². The number of aromatic amines is 1. The summed E-state index contributed by atoms with van der Waals surface area (Å²) in [6, 6.07) is 6.64. The molecule has 6 nitrogen and oxygen atoms in total. The van der Waals surface area contributed by atoms with Crippen LogP contribution in [0, 0.1) is 5.92 Å². The van der Waals surface area contributed by atoms with Gasteiger partial charge in [0.2, 0.25) is 0 Å². The van der Waals surface area contributed by atoms with E-state index in [9.17, 15) is 4.79 Å². The molecule has 0 radical (unpaired) electrons. The van der Waals surface area contributed by atoms with E-state index in [-0.39, 0.29) is 5.56 Å². The van der Waals surface area contributed by atoms with Crippen molar-refractivity contribution in [2.75, 3.05) is 0 Å². The number of fused-ring (bicyclic) bond motifs is 1. The summed E-state index contributed by atoms with van der Waals surface area (Å²) < 4.78 is 1.44. The molecule has 0 aliphatic carbocycles. The van der Waals surface area contributed by atoms with Gasteiger partial charge in [-0.2, -0.15) is 5.10 Å². The Kier molecular flexibility index (Phi) is 4.43. The number of nitrogens with zero attached hydrogens (tertiary/aromatic N) is 3. The summed E-state index contributed by atoms with van der Waals surface area (Å²) in [6.45, 7) is 6.03. The normalized spacial score (nSPS) is 12.9. The summed E-state index contributed by atoms with van der Waals surface area (Å²) in [5, 5.41) is 8.00. The van der Waals surface area contributed by atoms with Crippen LogP contribution in [0.25, 0.3) is 16.7 Å². The molecule has 0 unspecified atom stereocenters. The summed E-state index contributed by atoms with van der Waals surface area (Å²) in [4.78, 5) is 17.6. The monoisotopic (exact) mass is 345 g/mol. The number of hydrogen-bond donors (Lipinski definition) is 2. The fourth-order valence-electron chi connectivity index (χ4n) is 2.74. The van der Waals surface area contributed by atoms with Crippen molar-refractivity contribution < 1.29 is 0 Å². The molecule has 0 fully saturated rings. The van der Waals surface area contributed by atoms with Crippen molar-refractivity contribution in [2.24, 2.45) is 11.7 Å². The first-order valence-electron chi connectivity index (χ1n) is 7.90. The maximum absolute atomic E-state index is 13.0. The van der Waals surface area contributed by atoms with E-state index in [1.165, 1.54) is 4.57 Å². The third kappa shape index (κ3) is 2.95. The van der Waals surface area contributed by atoms with Gasteiger partial charge in [-0.15, -0.1) is 0 Å². The molecule has 126 valence electrons. The molecular weight excluding hydrogens is 326 g/mol. The molecule has 0 spiro atoms. The first-order valence-corrected chi connectivity index (χ1v) is 8.27. The number of nitrogens with two attached hydrogens (primary N) is 1. The van der Waals surface area contributed by atoms with E-state index >= 15 is 0 Å². The van der Waals surface area contributed by atoms with E-state index in [0.29, 0.717) is 33.5 Å². The van der Waals surface area contributed by atoms with Crippen LogP contribution in [-0.4, -0.2) is 19.7 Å². The van der Waals surface area contributed by atoms with Crippen molar-refractivity contribution in [3.63, 3.8) is 0 Å². The van der Waals surface area contributed by atoms with E-state index < -0.39 is 6.04 Å². The largest absolute Gasteiger partial charge is 0.322 e. The van der Waals surface area contributed by atoms with Crippen molar-refractivity contribution in [3.8, 4) is 5.82 Å². The maximum Gasteiger partial charge on any atom is 0.268 e. The van der Waals surface area contributed by atoms with Crippen molar-refractivity contribution in [1.29, 1.82) is 0 Å². The minimum Gasteiger partial charge on any atom is -0.322 e. The van der Waals surface area contributed by atoms with Crippen LogP contribution in [0.4, 0.5) is 0 Å². The number of aromatic nitrogens is 4. The molecule has 3 aromatic rings. The zero-order chi connectivity index (χ0) is 17.4. The Morgan fingerprint density at radius 1 is 1.33 bits per heavy atom. The van der Waals surface area contributed by atoms with Crippen LogP contribution >= 0.6 is 11.6 Å². The van der Waals surface area contributed by atoms with Crippen LogP contribution in [-0.2, 0) is 6.42 Å². The molecule has 0 aliphatic rings. The lowest BCUT2D eigenvalue weighted by Crippen LogP contribution is -2.28. The highest BCUT2D eigenvalue weighted by molar-refractivity contribution is 6.35. The summed E-state index contributed by atoms with van der Waals surface area (Å²) in [7, 11) is 0. The van der Waals surface area contributed by atoms with E-state index in [0.717, 1.165) is 12.1 Å². The van der Waals surface area contributed by atoms with Gasteiger partial charge >= 0.3 is 0 Å². The molecule has 24 heavy (non-hydrogen) atoms. The van der Waals surface area contributed by atoms with Gasteiger partial charge < -0.3 is 5.73 Å². The fourth-order valence-corrected chi connectivity index (χ4v) is 2.99. The second-order valence-electron chi connectivity index (χ2n) is 6.38. The molecule has 0 aliphatic heterocycles. The van der Waals surface area contributed by atoms with Gasteiger partial charge in [-0.05, 0) is 31.4 Å². The zero-order valence-corrected chi connectivity index (χ0v) is 14.6. The van der Waals surface area contributed by atoms with Crippen molar-refractivity contribution in [2.45, 2.75) is 33.2 Å². The molecule has 1 aromatic carbocycles. The fraction of sp³-hybridized carbons (Fsp3) is 0.353. The minimum atomic E-state index is -0.425. The van der Waals surface area contributed by atoms with Crippen LogP contribution < -0.4 is 11.3 Å².